The van der Waals surface area contributed by atoms with Crippen LogP contribution in [0.15, 0.2) is 54.9 Å². The second kappa shape index (κ2) is 7.51. The van der Waals surface area contributed by atoms with Crippen LogP contribution < -0.4 is 15.4 Å². The number of hydrogen-bond acceptors (Lipinski definition) is 5. The number of hydrogen-bond donors (Lipinski definition) is 3. The van der Waals surface area contributed by atoms with Gasteiger partial charge in [0.25, 0.3) is 0 Å². The first-order valence-corrected chi connectivity index (χ1v) is 11.4. The molecular weight excluding hydrogens is 410 g/mol. The van der Waals surface area contributed by atoms with Crippen molar-refractivity contribution < 1.29 is 4.74 Å². The van der Waals surface area contributed by atoms with Gasteiger partial charge in [0, 0.05) is 35.5 Å². The van der Waals surface area contributed by atoms with Gasteiger partial charge in [0.15, 0.2) is 0 Å². The van der Waals surface area contributed by atoms with Crippen LogP contribution in [-0.4, -0.2) is 15.0 Å². The zero-order valence-corrected chi connectivity index (χ0v) is 20.1. The first kappa shape index (κ1) is 21.3. The van der Waals surface area contributed by atoms with Crippen LogP contribution >= 0.6 is 0 Å². The van der Waals surface area contributed by atoms with E-state index in [0.717, 1.165) is 45.3 Å². The highest BCUT2D eigenvalue weighted by molar-refractivity contribution is 5.78. The van der Waals surface area contributed by atoms with Crippen molar-refractivity contribution in [2.45, 2.75) is 58.5 Å². The molecule has 0 fully saturated rings. The highest BCUT2D eigenvalue weighted by atomic mass is 16.5. The van der Waals surface area contributed by atoms with Gasteiger partial charge in [0.05, 0.1) is 22.4 Å². The quantitative estimate of drug-likeness (QED) is 0.323. The molecule has 3 heterocycles. The number of aromatic nitrogens is 3. The van der Waals surface area contributed by atoms with Crippen LogP contribution in [0.3, 0.4) is 0 Å². The van der Waals surface area contributed by atoms with E-state index in [0.29, 0.717) is 0 Å². The normalized spacial score (nSPS) is 15.8. The molecule has 1 aliphatic heterocycles. The fourth-order valence-corrected chi connectivity index (χ4v) is 3.92. The van der Waals surface area contributed by atoms with Gasteiger partial charge in [-0.25, -0.2) is 4.98 Å². The Kier molecular flexibility index (Phi) is 4.85. The van der Waals surface area contributed by atoms with Crippen molar-refractivity contribution in [1.82, 2.24) is 15.0 Å². The molecule has 6 nitrogen and oxygen atoms in total. The summed E-state index contributed by atoms with van der Waals surface area (Å²) in [7, 11) is 0. The summed E-state index contributed by atoms with van der Waals surface area (Å²) >= 11 is 0. The smallest absolute Gasteiger partial charge is 0.129 e. The lowest BCUT2D eigenvalue weighted by Crippen LogP contribution is -2.16. The molecule has 0 bridgehead atoms. The molecule has 3 N–H and O–H groups in total. The van der Waals surface area contributed by atoms with Crippen molar-refractivity contribution in [1.29, 1.82) is 0 Å². The maximum absolute atomic E-state index is 6.18. The molecular formula is C27H31N5O. The van der Waals surface area contributed by atoms with Gasteiger partial charge in [0.2, 0.25) is 0 Å². The lowest BCUT2D eigenvalue weighted by Gasteiger charge is -2.21. The molecule has 1 atom stereocenters. The summed E-state index contributed by atoms with van der Waals surface area (Å²) < 4.78 is 6.18. The summed E-state index contributed by atoms with van der Waals surface area (Å²) in [5, 5.41) is 7.10. The lowest BCUT2D eigenvalue weighted by atomic mass is 9.87. The number of fused-ring (bicyclic) bond motifs is 2. The molecule has 33 heavy (non-hydrogen) atoms. The number of pyridine rings is 1. The first-order chi connectivity index (χ1) is 15.6. The maximum atomic E-state index is 6.18. The third kappa shape index (κ3) is 4.25. The van der Waals surface area contributed by atoms with E-state index in [-0.39, 0.29) is 17.0 Å². The van der Waals surface area contributed by atoms with Crippen molar-refractivity contribution in [3.8, 4) is 11.5 Å². The number of nitrogens with zero attached hydrogens (tertiary/aromatic N) is 2. The Bertz CT molecular complexity index is 1330. The number of nitrogens with one attached hydrogen (secondary N) is 3. The summed E-state index contributed by atoms with van der Waals surface area (Å²) in [5.41, 5.74) is 6.33. The number of H-pyrrole nitrogens is 1. The summed E-state index contributed by atoms with van der Waals surface area (Å²) in [6.07, 6.45) is 3.83. The molecule has 5 rings (SSSR count). The fourth-order valence-electron chi connectivity index (χ4n) is 3.92. The molecule has 0 aliphatic carbocycles. The number of anilines is 2. The Labute approximate surface area is 194 Å². The van der Waals surface area contributed by atoms with Crippen molar-refractivity contribution in [2.75, 3.05) is 10.6 Å². The highest BCUT2D eigenvalue weighted by Gasteiger charge is 2.24. The van der Waals surface area contributed by atoms with Crippen LogP contribution in [-0.2, 0) is 10.8 Å². The summed E-state index contributed by atoms with van der Waals surface area (Å²) in [6, 6.07) is 14.2. The number of aromatic amines is 1. The van der Waals surface area contributed by atoms with Gasteiger partial charge in [-0.2, -0.15) is 0 Å². The standard InChI is InChI=1S/C27H31N5O/c1-26(2,3)17-11-16(14-28-15-17)24-29-20-9-7-18(12-22(20)30-24)33-19-8-10-21-23(13-19)32-25(31-21)27(4,5)6/h7-15,24,29-30H,1-6H3,(H,31,32). The minimum Gasteiger partial charge on any atom is -0.457 e. The van der Waals surface area contributed by atoms with E-state index >= 15 is 0 Å². The number of imidazole rings is 1. The third-order valence-corrected chi connectivity index (χ3v) is 5.95. The molecule has 170 valence electrons. The van der Waals surface area contributed by atoms with Crippen LogP contribution in [0.25, 0.3) is 11.0 Å². The predicted molar refractivity (Wildman–Crippen MR) is 134 cm³/mol. The van der Waals surface area contributed by atoms with Gasteiger partial charge < -0.3 is 20.4 Å². The Balaban J connectivity index is 1.35. The Morgan fingerprint density at radius 3 is 2.27 bits per heavy atom. The molecule has 0 saturated carbocycles. The zero-order valence-electron chi connectivity index (χ0n) is 20.1. The maximum Gasteiger partial charge on any atom is 0.129 e. The van der Waals surface area contributed by atoms with Crippen LogP contribution in [0.5, 0.6) is 11.5 Å². The van der Waals surface area contributed by atoms with E-state index in [2.05, 4.69) is 68.2 Å². The van der Waals surface area contributed by atoms with Gasteiger partial charge in [-0.3, -0.25) is 4.98 Å². The highest BCUT2D eigenvalue weighted by Crippen LogP contribution is 2.39. The molecule has 4 aromatic rings. The van der Waals surface area contributed by atoms with Crippen LogP contribution in [0, 0.1) is 0 Å². The van der Waals surface area contributed by atoms with E-state index in [1.807, 2.05) is 48.8 Å². The Morgan fingerprint density at radius 2 is 1.52 bits per heavy atom. The van der Waals surface area contributed by atoms with Crippen molar-refractivity contribution in [3.63, 3.8) is 0 Å². The number of rotatable bonds is 3. The first-order valence-electron chi connectivity index (χ1n) is 11.4. The summed E-state index contributed by atoms with van der Waals surface area (Å²) in [5.74, 6) is 2.52. The number of ether oxygens (including phenoxy) is 1. The number of benzene rings is 2. The largest absolute Gasteiger partial charge is 0.457 e. The SMILES string of the molecule is CC(C)(C)c1cncc(C2Nc3ccc(Oc4ccc5nc(C(C)(C)C)[nH]c5c4)cc3N2)c1. The molecule has 1 unspecified atom stereocenters. The molecule has 2 aromatic carbocycles. The van der Waals surface area contributed by atoms with Gasteiger partial charge in [-0.15, -0.1) is 0 Å². The van der Waals surface area contributed by atoms with E-state index in [9.17, 15) is 0 Å². The van der Waals surface area contributed by atoms with Gasteiger partial charge >= 0.3 is 0 Å². The monoisotopic (exact) mass is 441 g/mol. The molecule has 0 amide bonds. The Morgan fingerprint density at radius 1 is 0.788 bits per heavy atom. The predicted octanol–water partition coefficient (Wildman–Crippen LogP) is 6.88. The molecule has 1 aliphatic rings. The molecule has 2 aromatic heterocycles. The van der Waals surface area contributed by atoms with Crippen LogP contribution in [0.4, 0.5) is 11.4 Å². The van der Waals surface area contributed by atoms with Gasteiger partial charge in [-0.05, 0) is 41.3 Å². The van der Waals surface area contributed by atoms with Gasteiger partial charge in [0.1, 0.15) is 23.5 Å². The second-order valence-electron chi connectivity index (χ2n) is 10.8. The lowest BCUT2D eigenvalue weighted by molar-refractivity contribution is 0.483. The minimum atomic E-state index is -0.0306. The van der Waals surface area contributed by atoms with Crippen molar-refractivity contribution in [3.05, 3.63) is 71.8 Å². The van der Waals surface area contributed by atoms with Crippen LogP contribution in [0.1, 0.15) is 64.7 Å². The fraction of sp³-hybridized carbons (Fsp3) is 0.333. The third-order valence-electron chi connectivity index (χ3n) is 5.95. The van der Waals surface area contributed by atoms with E-state index in [1.54, 1.807) is 0 Å². The van der Waals surface area contributed by atoms with Crippen molar-refractivity contribution >= 4 is 22.4 Å². The zero-order chi connectivity index (χ0) is 23.4. The second-order valence-corrected chi connectivity index (χ2v) is 10.8. The van der Waals surface area contributed by atoms with Crippen molar-refractivity contribution in [2.24, 2.45) is 0 Å². The van der Waals surface area contributed by atoms with E-state index in [4.69, 9.17) is 9.72 Å². The molecule has 0 radical (unpaired) electrons. The molecule has 6 heteroatoms. The van der Waals surface area contributed by atoms with Gasteiger partial charge in [-0.1, -0.05) is 41.5 Å². The average Bonchev–Trinajstić information content (AvgIpc) is 3.36. The molecule has 0 saturated heterocycles. The Hall–Kier alpha value is -3.54. The molecule has 0 spiro atoms. The van der Waals surface area contributed by atoms with Crippen LogP contribution in [0.2, 0.25) is 0 Å². The van der Waals surface area contributed by atoms with E-state index < -0.39 is 0 Å². The summed E-state index contributed by atoms with van der Waals surface area (Å²) in [6.45, 7) is 13.0. The summed E-state index contributed by atoms with van der Waals surface area (Å²) in [4.78, 5) is 12.6. The minimum absolute atomic E-state index is 0.0257. The topological polar surface area (TPSA) is 74.9 Å². The van der Waals surface area contributed by atoms with E-state index in [1.165, 1.54) is 5.56 Å². The average molecular weight is 442 g/mol.